The summed E-state index contributed by atoms with van der Waals surface area (Å²) in [5.74, 6) is -0.0761. The van der Waals surface area contributed by atoms with Gasteiger partial charge in [0.25, 0.3) is 5.56 Å². The van der Waals surface area contributed by atoms with E-state index in [1.807, 2.05) is 54.6 Å². The summed E-state index contributed by atoms with van der Waals surface area (Å²) < 4.78 is 23.8. The SMILES string of the molecule is CCOC(=O)COc1c(/C=c2\sc3n(c2=O)[C@@H](c2ccc(C(C)C)cc2)C(C(=O)OCC)=C(c2ccccc2)N=3)cccc1OC. The highest BCUT2D eigenvalue weighted by atomic mass is 32.1. The topological polar surface area (TPSA) is 105 Å². The highest BCUT2D eigenvalue weighted by Crippen LogP contribution is 2.36. The van der Waals surface area contributed by atoms with Crippen molar-refractivity contribution in [3.05, 3.63) is 120 Å². The van der Waals surface area contributed by atoms with E-state index in [9.17, 15) is 14.4 Å². The molecular weight excluding hydrogens is 604 g/mol. The summed E-state index contributed by atoms with van der Waals surface area (Å²) >= 11 is 1.20. The molecule has 5 rings (SSSR count). The molecule has 4 aromatic rings. The van der Waals surface area contributed by atoms with Crippen LogP contribution in [0, 0.1) is 0 Å². The number of benzene rings is 3. The average Bonchev–Trinajstić information content (AvgIpc) is 3.37. The Morgan fingerprint density at radius 2 is 1.67 bits per heavy atom. The summed E-state index contributed by atoms with van der Waals surface area (Å²) in [6.45, 7) is 7.75. The molecular formula is C36H36N2O7S. The number of fused-ring (bicyclic) bond motifs is 1. The Kier molecular flexibility index (Phi) is 10.2. The zero-order chi connectivity index (χ0) is 32.8. The summed E-state index contributed by atoms with van der Waals surface area (Å²) in [6, 6.07) is 21.8. The molecule has 0 saturated heterocycles. The van der Waals surface area contributed by atoms with Gasteiger partial charge in [-0.1, -0.05) is 91.9 Å². The van der Waals surface area contributed by atoms with E-state index in [1.165, 1.54) is 18.4 Å². The second kappa shape index (κ2) is 14.4. The molecule has 3 aromatic carbocycles. The number of carbonyl (C=O) groups excluding carboxylic acids is 2. The van der Waals surface area contributed by atoms with Gasteiger partial charge in [0, 0.05) is 11.1 Å². The number of aromatic nitrogens is 1. The Morgan fingerprint density at radius 1 is 0.957 bits per heavy atom. The molecule has 0 aliphatic carbocycles. The van der Waals surface area contributed by atoms with Crippen molar-refractivity contribution in [1.82, 2.24) is 4.57 Å². The van der Waals surface area contributed by atoms with Gasteiger partial charge < -0.3 is 18.9 Å². The molecule has 0 N–H and O–H groups in total. The van der Waals surface area contributed by atoms with Crippen molar-refractivity contribution >= 4 is 35.0 Å². The Balaban J connectivity index is 1.75. The predicted molar refractivity (Wildman–Crippen MR) is 177 cm³/mol. The van der Waals surface area contributed by atoms with Crippen molar-refractivity contribution in [2.75, 3.05) is 26.9 Å². The van der Waals surface area contributed by atoms with Crippen LogP contribution in [0.25, 0.3) is 11.8 Å². The van der Waals surface area contributed by atoms with Crippen LogP contribution in [0.2, 0.25) is 0 Å². The molecule has 238 valence electrons. The van der Waals surface area contributed by atoms with E-state index in [0.717, 1.165) is 16.7 Å². The van der Waals surface area contributed by atoms with Crippen molar-refractivity contribution in [3.63, 3.8) is 0 Å². The predicted octanol–water partition coefficient (Wildman–Crippen LogP) is 5.01. The number of para-hydroxylation sites is 1. The van der Waals surface area contributed by atoms with E-state index in [4.69, 9.17) is 23.9 Å². The van der Waals surface area contributed by atoms with E-state index in [0.29, 0.717) is 38.0 Å². The molecule has 1 aromatic heterocycles. The maximum Gasteiger partial charge on any atom is 0.344 e. The first kappa shape index (κ1) is 32.4. The zero-order valence-corrected chi connectivity index (χ0v) is 27.3. The summed E-state index contributed by atoms with van der Waals surface area (Å²) in [5, 5.41) is 0. The van der Waals surface area contributed by atoms with Gasteiger partial charge in [-0.3, -0.25) is 9.36 Å². The maximum absolute atomic E-state index is 14.3. The van der Waals surface area contributed by atoms with Crippen LogP contribution in [-0.4, -0.2) is 43.4 Å². The molecule has 1 atom stereocenters. The number of methoxy groups -OCH3 is 1. The normalized spacial score (nSPS) is 14.5. The van der Waals surface area contributed by atoms with Crippen molar-refractivity contribution in [2.24, 2.45) is 4.99 Å². The van der Waals surface area contributed by atoms with Crippen molar-refractivity contribution in [3.8, 4) is 11.5 Å². The Labute approximate surface area is 271 Å². The van der Waals surface area contributed by atoms with Crippen molar-refractivity contribution < 1.29 is 28.5 Å². The minimum Gasteiger partial charge on any atom is -0.493 e. The third-order valence-electron chi connectivity index (χ3n) is 7.45. The van der Waals surface area contributed by atoms with Gasteiger partial charge in [0.15, 0.2) is 22.9 Å². The first-order valence-corrected chi connectivity index (χ1v) is 15.9. The number of nitrogens with zero attached hydrogens (tertiary/aromatic N) is 2. The lowest BCUT2D eigenvalue weighted by Crippen LogP contribution is -2.40. The van der Waals surface area contributed by atoms with E-state index < -0.39 is 18.0 Å². The number of ether oxygens (including phenoxy) is 4. The molecule has 46 heavy (non-hydrogen) atoms. The van der Waals surface area contributed by atoms with Crippen LogP contribution in [0.1, 0.15) is 61.9 Å². The van der Waals surface area contributed by atoms with Gasteiger partial charge in [0.1, 0.15) is 0 Å². The molecule has 1 aliphatic heterocycles. The fraction of sp³-hybridized carbons (Fsp3) is 0.278. The van der Waals surface area contributed by atoms with Crippen LogP contribution in [0.4, 0.5) is 0 Å². The summed E-state index contributed by atoms with van der Waals surface area (Å²) in [6.07, 6.45) is 1.68. The molecule has 1 aliphatic rings. The largest absolute Gasteiger partial charge is 0.493 e. The summed E-state index contributed by atoms with van der Waals surface area (Å²) in [4.78, 5) is 45.5. The van der Waals surface area contributed by atoms with Crippen LogP contribution >= 0.6 is 11.3 Å². The third kappa shape index (κ3) is 6.67. The maximum atomic E-state index is 14.3. The van der Waals surface area contributed by atoms with Gasteiger partial charge >= 0.3 is 11.9 Å². The fourth-order valence-corrected chi connectivity index (χ4v) is 6.25. The molecule has 0 fully saturated rings. The third-order valence-corrected chi connectivity index (χ3v) is 8.43. The van der Waals surface area contributed by atoms with Gasteiger partial charge in [-0.2, -0.15) is 0 Å². The van der Waals surface area contributed by atoms with Gasteiger partial charge in [0.05, 0.1) is 42.2 Å². The van der Waals surface area contributed by atoms with Crippen LogP contribution < -0.4 is 24.4 Å². The number of carbonyl (C=O) groups is 2. The molecule has 0 spiro atoms. The standard InChI is InChI=1S/C36H36N2O7S/c1-6-43-29(39)21-45-33-26(14-11-15-27(33)42-5)20-28-34(40)38-32(25-18-16-23(17-19-25)22(3)4)30(35(41)44-7-2)31(37-36(38)46-28)24-12-9-8-10-13-24/h8-20,22,32H,6-7,21H2,1-5H3/b28-20-/t32-/m0/s1. The van der Waals surface area contributed by atoms with Crippen LogP contribution in [-0.2, 0) is 19.1 Å². The van der Waals surface area contributed by atoms with Crippen molar-refractivity contribution in [1.29, 1.82) is 0 Å². The molecule has 0 radical (unpaired) electrons. The number of hydrogen-bond acceptors (Lipinski definition) is 9. The highest BCUT2D eigenvalue weighted by molar-refractivity contribution is 7.07. The molecule has 0 unspecified atom stereocenters. The Morgan fingerprint density at radius 3 is 2.33 bits per heavy atom. The second-order valence-corrected chi connectivity index (χ2v) is 11.7. The summed E-state index contributed by atoms with van der Waals surface area (Å²) in [7, 11) is 1.50. The second-order valence-electron chi connectivity index (χ2n) is 10.7. The summed E-state index contributed by atoms with van der Waals surface area (Å²) in [5.41, 5.74) is 3.54. The molecule has 9 nitrogen and oxygen atoms in total. The monoisotopic (exact) mass is 640 g/mol. The van der Waals surface area contributed by atoms with Crippen LogP contribution in [0.5, 0.6) is 11.5 Å². The quantitative estimate of drug-likeness (QED) is 0.212. The van der Waals surface area contributed by atoms with Crippen molar-refractivity contribution in [2.45, 2.75) is 39.7 Å². The van der Waals surface area contributed by atoms with E-state index in [2.05, 4.69) is 13.8 Å². The molecule has 0 saturated carbocycles. The Bertz CT molecular complexity index is 1940. The minimum absolute atomic E-state index is 0.165. The first-order valence-electron chi connectivity index (χ1n) is 15.1. The lowest BCUT2D eigenvalue weighted by Gasteiger charge is -2.26. The van der Waals surface area contributed by atoms with Gasteiger partial charge in [-0.15, -0.1) is 0 Å². The fourth-order valence-electron chi connectivity index (χ4n) is 5.26. The number of rotatable bonds is 11. The Hall–Kier alpha value is -4.96. The van der Waals surface area contributed by atoms with Gasteiger partial charge in [-0.05, 0) is 43.0 Å². The first-order chi connectivity index (χ1) is 22.3. The number of hydrogen-bond donors (Lipinski definition) is 0. The number of esters is 2. The van der Waals surface area contributed by atoms with E-state index >= 15 is 0 Å². The molecule has 0 bridgehead atoms. The van der Waals surface area contributed by atoms with E-state index in [1.54, 1.807) is 42.7 Å². The van der Waals surface area contributed by atoms with Crippen LogP contribution in [0.3, 0.4) is 0 Å². The molecule has 0 amide bonds. The minimum atomic E-state index is -0.793. The number of thiazole rings is 1. The lowest BCUT2D eigenvalue weighted by molar-refractivity contribution is -0.145. The zero-order valence-electron chi connectivity index (χ0n) is 26.4. The van der Waals surface area contributed by atoms with Gasteiger partial charge in [0.2, 0.25) is 0 Å². The van der Waals surface area contributed by atoms with Crippen LogP contribution in [0.15, 0.2) is 88.2 Å². The lowest BCUT2D eigenvalue weighted by atomic mass is 9.91. The molecule has 10 heteroatoms. The van der Waals surface area contributed by atoms with Gasteiger partial charge in [-0.25, -0.2) is 14.6 Å². The smallest absolute Gasteiger partial charge is 0.344 e. The molecule has 2 heterocycles. The highest BCUT2D eigenvalue weighted by Gasteiger charge is 2.35. The van der Waals surface area contributed by atoms with E-state index in [-0.39, 0.29) is 31.0 Å². The average molecular weight is 641 g/mol.